The van der Waals surface area contributed by atoms with Gasteiger partial charge in [-0.15, -0.1) is 11.6 Å². The highest BCUT2D eigenvalue weighted by atomic mass is 35.5. The number of alkyl halides is 1. The van der Waals surface area contributed by atoms with Crippen LogP contribution in [-0.4, -0.2) is 23.8 Å². The average Bonchev–Trinajstić information content (AvgIpc) is 2.56. The Morgan fingerprint density at radius 3 is 2.62 bits per heavy atom. The summed E-state index contributed by atoms with van der Waals surface area (Å²) in [6.45, 7) is 0. The van der Waals surface area contributed by atoms with Crippen LogP contribution in [0.3, 0.4) is 0 Å². The molecule has 0 radical (unpaired) electrons. The molecule has 0 saturated carbocycles. The van der Waals surface area contributed by atoms with E-state index in [0.29, 0.717) is 11.3 Å². The van der Waals surface area contributed by atoms with Crippen LogP contribution in [0.5, 0.6) is 0 Å². The van der Waals surface area contributed by atoms with Gasteiger partial charge in [0.2, 0.25) is 0 Å². The Labute approximate surface area is 96.2 Å². The lowest BCUT2D eigenvalue weighted by atomic mass is 10.3. The Balaban J connectivity index is 2.84. The first kappa shape index (κ1) is 11.1. The molecule has 0 amide bonds. The van der Waals surface area contributed by atoms with Gasteiger partial charge in [-0.3, -0.25) is 0 Å². The third kappa shape index (κ3) is 1.61. The molecular weight excluding hydrogens is 236 g/mol. The Morgan fingerprint density at radius 2 is 2.06 bits per heavy atom. The molecule has 16 heavy (non-hydrogen) atoms. The number of hydrogen-bond acceptors (Lipinski definition) is 2. The molecule has 0 aliphatic carbocycles. The average molecular weight is 246 g/mol. The van der Waals surface area contributed by atoms with Crippen molar-refractivity contribution in [3.8, 4) is 0 Å². The molecule has 3 nitrogen and oxygen atoms in total. The highest BCUT2D eigenvalue weighted by Gasteiger charge is 2.15. The van der Waals surface area contributed by atoms with Gasteiger partial charge in [0, 0.05) is 26.2 Å². The van der Waals surface area contributed by atoms with Crippen LogP contribution in [0.2, 0.25) is 0 Å². The Bertz CT molecular complexity index is 536. The highest BCUT2D eigenvalue weighted by Crippen LogP contribution is 2.21. The lowest BCUT2D eigenvalue weighted by molar-refractivity contribution is 0.590. The molecule has 0 bridgehead atoms. The van der Waals surface area contributed by atoms with Gasteiger partial charge < -0.3 is 5.01 Å². The smallest absolute Gasteiger partial charge is 0.154 e. The molecule has 86 valence electrons. The first-order valence-electron chi connectivity index (χ1n) is 4.64. The Hall–Kier alpha value is -1.36. The zero-order chi connectivity index (χ0) is 11.9. The second-order valence-electron chi connectivity index (χ2n) is 3.58. The number of fused-ring (bicyclic) bond motifs is 1. The van der Waals surface area contributed by atoms with Crippen molar-refractivity contribution in [2.24, 2.45) is 0 Å². The number of halogens is 3. The van der Waals surface area contributed by atoms with Crippen LogP contribution < -0.4 is 5.01 Å². The molecule has 1 aromatic carbocycles. The predicted octanol–water partition coefficient (Wildman–Crippen LogP) is 2.25. The van der Waals surface area contributed by atoms with E-state index < -0.39 is 11.6 Å². The largest absolute Gasteiger partial charge is 0.317 e. The van der Waals surface area contributed by atoms with E-state index in [2.05, 4.69) is 4.98 Å². The number of imidazole rings is 1. The third-order valence-electron chi connectivity index (χ3n) is 2.24. The number of nitrogens with zero attached hydrogens (tertiary/aromatic N) is 3. The summed E-state index contributed by atoms with van der Waals surface area (Å²) < 4.78 is 28.2. The summed E-state index contributed by atoms with van der Waals surface area (Å²) in [5.41, 5.74) is 0.504. The number of hydrogen-bond donors (Lipinski definition) is 0. The first-order chi connectivity index (χ1) is 7.54. The molecule has 0 atom stereocenters. The lowest BCUT2D eigenvalue weighted by Gasteiger charge is -2.17. The SMILES string of the molecule is CN(C)n1c(CCl)nc2c(F)cc(F)cc21. The normalized spacial score (nSPS) is 11.1. The number of benzene rings is 1. The van der Waals surface area contributed by atoms with Crippen molar-refractivity contribution in [1.82, 2.24) is 9.66 Å². The van der Waals surface area contributed by atoms with Crippen LogP contribution in [0.25, 0.3) is 11.0 Å². The fraction of sp³-hybridized carbons (Fsp3) is 0.300. The molecule has 1 heterocycles. The lowest BCUT2D eigenvalue weighted by Crippen LogP contribution is -2.26. The minimum absolute atomic E-state index is 0.130. The monoisotopic (exact) mass is 245 g/mol. The van der Waals surface area contributed by atoms with Crippen molar-refractivity contribution in [2.45, 2.75) is 5.88 Å². The Morgan fingerprint density at radius 1 is 1.38 bits per heavy atom. The minimum Gasteiger partial charge on any atom is -0.317 e. The van der Waals surface area contributed by atoms with E-state index in [0.717, 1.165) is 6.07 Å². The zero-order valence-electron chi connectivity index (χ0n) is 8.84. The molecule has 0 spiro atoms. The maximum atomic E-state index is 13.5. The molecule has 0 aliphatic heterocycles. The van der Waals surface area contributed by atoms with Gasteiger partial charge in [-0.2, -0.15) is 0 Å². The maximum Gasteiger partial charge on any atom is 0.154 e. The van der Waals surface area contributed by atoms with Crippen molar-refractivity contribution in [1.29, 1.82) is 0 Å². The fourth-order valence-electron chi connectivity index (χ4n) is 1.67. The van der Waals surface area contributed by atoms with Crippen molar-refractivity contribution in [3.63, 3.8) is 0 Å². The van der Waals surface area contributed by atoms with Gasteiger partial charge in [0.15, 0.2) is 5.82 Å². The van der Waals surface area contributed by atoms with E-state index in [1.54, 1.807) is 23.8 Å². The van der Waals surface area contributed by atoms with Crippen molar-refractivity contribution in [2.75, 3.05) is 19.1 Å². The summed E-state index contributed by atoms with van der Waals surface area (Å²) in [5, 5.41) is 1.67. The molecule has 6 heteroatoms. The standard InChI is InChI=1S/C10H10ClF2N3/c1-15(2)16-8-4-6(12)3-7(13)10(8)14-9(16)5-11/h3-4H,5H2,1-2H3. The number of rotatable bonds is 2. The molecule has 0 saturated heterocycles. The van der Waals surface area contributed by atoms with Crippen molar-refractivity contribution >= 4 is 22.6 Å². The minimum atomic E-state index is -0.679. The van der Waals surface area contributed by atoms with Gasteiger partial charge in [-0.25, -0.2) is 18.4 Å². The van der Waals surface area contributed by atoms with Crippen molar-refractivity contribution < 1.29 is 8.78 Å². The van der Waals surface area contributed by atoms with Crippen LogP contribution in [0, 0.1) is 11.6 Å². The van der Waals surface area contributed by atoms with E-state index in [4.69, 9.17) is 11.6 Å². The van der Waals surface area contributed by atoms with Gasteiger partial charge in [0.1, 0.15) is 17.2 Å². The summed E-state index contributed by atoms with van der Waals surface area (Å²) in [7, 11) is 3.50. The molecular formula is C10H10ClF2N3. The second-order valence-corrected chi connectivity index (χ2v) is 3.84. The van der Waals surface area contributed by atoms with E-state index in [1.165, 1.54) is 6.07 Å². The summed E-state index contributed by atoms with van der Waals surface area (Å²) >= 11 is 5.71. The fourth-order valence-corrected chi connectivity index (χ4v) is 1.85. The van der Waals surface area contributed by atoms with Crippen LogP contribution >= 0.6 is 11.6 Å². The van der Waals surface area contributed by atoms with Gasteiger partial charge >= 0.3 is 0 Å². The van der Waals surface area contributed by atoms with Gasteiger partial charge in [0.25, 0.3) is 0 Å². The summed E-state index contributed by atoms with van der Waals surface area (Å²) in [5.74, 6) is -0.698. The van der Waals surface area contributed by atoms with Crippen LogP contribution in [0.15, 0.2) is 12.1 Å². The molecule has 0 N–H and O–H groups in total. The highest BCUT2D eigenvalue weighted by molar-refractivity contribution is 6.16. The van der Waals surface area contributed by atoms with Crippen LogP contribution in [0.4, 0.5) is 8.78 Å². The quantitative estimate of drug-likeness (QED) is 0.757. The summed E-state index contributed by atoms with van der Waals surface area (Å²) in [6, 6.07) is 2.05. The van der Waals surface area contributed by atoms with Crippen LogP contribution in [-0.2, 0) is 5.88 Å². The molecule has 2 aromatic rings. The molecule has 1 aromatic heterocycles. The topological polar surface area (TPSA) is 21.1 Å². The van der Waals surface area contributed by atoms with Crippen LogP contribution in [0.1, 0.15) is 5.82 Å². The first-order valence-corrected chi connectivity index (χ1v) is 5.18. The molecule has 2 rings (SSSR count). The molecule has 0 fully saturated rings. The summed E-state index contributed by atoms with van der Waals surface area (Å²) in [4.78, 5) is 4.04. The Kier molecular flexibility index (Phi) is 2.71. The van der Waals surface area contributed by atoms with Gasteiger partial charge in [-0.05, 0) is 0 Å². The van der Waals surface area contributed by atoms with Gasteiger partial charge in [-0.1, -0.05) is 0 Å². The van der Waals surface area contributed by atoms with E-state index in [1.807, 2.05) is 0 Å². The maximum absolute atomic E-state index is 13.5. The van der Waals surface area contributed by atoms with Gasteiger partial charge in [0.05, 0.1) is 11.4 Å². The number of aromatic nitrogens is 2. The summed E-state index contributed by atoms with van der Waals surface area (Å²) in [6.07, 6.45) is 0. The van der Waals surface area contributed by atoms with E-state index in [9.17, 15) is 8.78 Å². The molecule has 0 unspecified atom stereocenters. The van der Waals surface area contributed by atoms with E-state index >= 15 is 0 Å². The second kappa shape index (κ2) is 3.90. The zero-order valence-corrected chi connectivity index (χ0v) is 9.59. The van der Waals surface area contributed by atoms with Crippen molar-refractivity contribution in [3.05, 3.63) is 29.6 Å². The van der Waals surface area contributed by atoms with E-state index in [-0.39, 0.29) is 11.4 Å². The third-order valence-corrected chi connectivity index (χ3v) is 2.48. The predicted molar refractivity (Wildman–Crippen MR) is 59.3 cm³/mol. The molecule has 0 aliphatic rings.